The summed E-state index contributed by atoms with van der Waals surface area (Å²) in [6, 6.07) is 20.5. The molecule has 1 aromatic heterocycles. The minimum atomic E-state index is -0.324. The molecule has 0 saturated heterocycles. The van der Waals surface area contributed by atoms with E-state index < -0.39 is 0 Å². The number of benzene rings is 2. The molecule has 0 aliphatic carbocycles. The van der Waals surface area contributed by atoms with Crippen molar-refractivity contribution in [3.05, 3.63) is 78.0 Å². The predicted molar refractivity (Wildman–Crippen MR) is 96.7 cm³/mol. The van der Waals surface area contributed by atoms with E-state index in [-0.39, 0.29) is 11.6 Å². The number of amides is 1. The Hall–Kier alpha value is -3.41. The number of nitrogens with one attached hydrogen (secondary N) is 2. The molecule has 1 heterocycles. The van der Waals surface area contributed by atoms with Crippen molar-refractivity contribution in [2.45, 2.75) is 6.54 Å². The Morgan fingerprint density at radius 2 is 1.84 bits per heavy atom. The molecule has 0 fully saturated rings. The number of methoxy groups -OCH3 is 1. The fraction of sp³-hybridized carbons (Fsp3) is 0.105. The SMILES string of the molecule is COc1cccc(NC(=O)c2ccc(NCc3ccccc3)nn2)c1. The average Bonchev–Trinajstić information content (AvgIpc) is 2.67. The molecule has 0 radical (unpaired) electrons. The van der Waals surface area contributed by atoms with Crippen molar-refractivity contribution >= 4 is 17.4 Å². The standard InChI is InChI=1S/C19H18N4O2/c1-25-16-9-5-8-15(12-16)21-19(24)17-10-11-18(23-22-17)20-13-14-6-3-2-4-7-14/h2-12H,13H2,1H3,(H,20,23)(H,21,24). The van der Waals surface area contributed by atoms with Gasteiger partial charge in [-0.05, 0) is 29.8 Å². The minimum Gasteiger partial charge on any atom is -0.497 e. The Morgan fingerprint density at radius 1 is 1.00 bits per heavy atom. The molecule has 0 bridgehead atoms. The number of hydrogen-bond donors (Lipinski definition) is 2. The van der Waals surface area contributed by atoms with Crippen LogP contribution in [0.2, 0.25) is 0 Å². The third-order valence-corrected chi connectivity index (χ3v) is 3.54. The van der Waals surface area contributed by atoms with E-state index in [9.17, 15) is 4.79 Å². The molecule has 0 aliphatic heterocycles. The highest BCUT2D eigenvalue weighted by molar-refractivity contribution is 6.02. The summed E-state index contributed by atoms with van der Waals surface area (Å²) in [5.74, 6) is 0.960. The highest BCUT2D eigenvalue weighted by Crippen LogP contribution is 2.17. The topological polar surface area (TPSA) is 76.1 Å². The lowest BCUT2D eigenvalue weighted by Gasteiger charge is -2.07. The molecular formula is C19H18N4O2. The number of hydrogen-bond acceptors (Lipinski definition) is 5. The number of carbonyl (C=O) groups excluding carboxylic acids is 1. The van der Waals surface area contributed by atoms with E-state index in [2.05, 4.69) is 20.8 Å². The number of anilines is 2. The molecule has 25 heavy (non-hydrogen) atoms. The van der Waals surface area contributed by atoms with E-state index in [1.165, 1.54) is 0 Å². The highest BCUT2D eigenvalue weighted by atomic mass is 16.5. The Labute approximate surface area is 145 Å². The van der Waals surface area contributed by atoms with Gasteiger partial charge in [-0.15, -0.1) is 10.2 Å². The van der Waals surface area contributed by atoms with Crippen LogP contribution in [0.1, 0.15) is 16.1 Å². The first-order valence-electron chi connectivity index (χ1n) is 7.81. The smallest absolute Gasteiger partial charge is 0.276 e. The van der Waals surface area contributed by atoms with Crippen molar-refractivity contribution in [2.24, 2.45) is 0 Å². The van der Waals surface area contributed by atoms with Gasteiger partial charge in [-0.1, -0.05) is 36.4 Å². The number of carbonyl (C=O) groups is 1. The second kappa shape index (κ2) is 7.92. The zero-order valence-electron chi connectivity index (χ0n) is 13.8. The third-order valence-electron chi connectivity index (χ3n) is 3.54. The Bertz CT molecular complexity index is 836. The van der Waals surface area contributed by atoms with Crippen molar-refractivity contribution < 1.29 is 9.53 Å². The van der Waals surface area contributed by atoms with Gasteiger partial charge in [0.05, 0.1) is 7.11 Å². The molecule has 2 N–H and O–H groups in total. The summed E-state index contributed by atoms with van der Waals surface area (Å²) in [6.45, 7) is 0.644. The zero-order valence-corrected chi connectivity index (χ0v) is 13.8. The second-order valence-corrected chi connectivity index (χ2v) is 5.33. The summed E-state index contributed by atoms with van der Waals surface area (Å²) in [4.78, 5) is 12.2. The summed E-state index contributed by atoms with van der Waals surface area (Å²) in [5.41, 5.74) is 2.02. The van der Waals surface area contributed by atoms with E-state index in [1.54, 1.807) is 37.4 Å². The molecule has 2 aromatic carbocycles. The first-order valence-corrected chi connectivity index (χ1v) is 7.81. The maximum Gasteiger partial charge on any atom is 0.276 e. The van der Waals surface area contributed by atoms with Crippen LogP contribution >= 0.6 is 0 Å². The quantitative estimate of drug-likeness (QED) is 0.723. The predicted octanol–water partition coefficient (Wildman–Crippen LogP) is 3.35. The van der Waals surface area contributed by atoms with E-state index in [0.717, 1.165) is 5.56 Å². The normalized spacial score (nSPS) is 10.1. The summed E-state index contributed by atoms with van der Waals surface area (Å²) >= 11 is 0. The van der Waals surface area contributed by atoms with Gasteiger partial charge < -0.3 is 15.4 Å². The summed E-state index contributed by atoms with van der Waals surface area (Å²) in [6.07, 6.45) is 0. The molecule has 0 atom stereocenters. The lowest BCUT2D eigenvalue weighted by molar-refractivity contribution is 0.102. The van der Waals surface area contributed by atoms with Crippen molar-refractivity contribution in [3.63, 3.8) is 0 Å². The van der Waals surface area contributed by atoms with Gasteiger partial charge in [-0.3, -0.25) is 4.79 Å². The van der Waals surface area contributed by atoms with Gasteiger partial charge in [0.2, 0.25) is 0 Å². The number of aromatic nitrogens is 2. The highest BCUT2D eigenvalue weighted by Gasteiger charge is 2.09. The lowest BCUT2D eigenvalue weighted by atomic mass is 10.2. The van der Waals surface area contributed by atoms with Gasteiger partial charge >= 0.3 is 0 Å². The number of rotatable bonds is 6. The summed E-state index contributed by atoms with van der Waals surface area (Å²) < 4.78 is 5.13. The van der Waals surface area contributed by atoms with E-state index in [0.29, 0.717) is 23.8 Å². The maximum atomic E-state index is 12.2. The van der Waals surface area contributed by atoms with Crippen LogP contribution in [0.15, 0.2) is 66.7 Å². The first-order chi connectivity index (χ1) is 12.2. The first kappa shape index (κ1) is 16.4. The van der Waals surface area contributed by atoms with E-state index in [1.807, 2.05) is 36.4 Å². The van der Waals surface area contributed by atoms with Gasteiger partial charge in [0.25, 0.3) is 5.91 Å². The number of nitrogens with zero attached hydrogens (tertiary/aromatic N) is 2. The zero-order chi connectivity index (χ0) is 17.5. The largest absolute Gasteiger partial charge is 0.497 e. The van der Waals surface area contributed by atoms with Gasteiger partial charge in [0.15, 0.2) is 5.69 Å². The molecule has 0 spiro atoms. The van der Waals surface area contributed by atoms with Crippen LogP contribution in [0.5, 0.6) is 5.75 Å². The van der Waals surface area contributed by atoms with Crippen LogP contribution in [-0.2, 0) is 6.54 Å². The fourth-order valence-corrected chi connectivity index (χ4v) is 2.23. The molecule has 1 amide bonds. The molecule has 0 unspecified atom stereocenters. The molecule has 6 heteroatoms. The Balaban J connectivity index is 1.60. The fourth-order valence-electron chi connectivity index (χ4n) is 2.23. The van der Waals surface area contributed by atoms with E-state index in [4.69, 9.17) is 4.74 Å². The van der Waals surface area contributed by atoms with Gasteiger partial charge in [-0.25, -0.2) is 0 Å². The molecular weight excluding hydrogens is 316 g/mol. The van der Waals surface area contributed by atoms with Crippen molar-refractivity contribution in [3.8, 4) is 5.75 Å². The molecule has 0 saturated carbocycles. The molecule has 6 nitrogen and oxygen atoms in total. The van der Waals surface area contributed by atoms with Crippen molar-refractivity contribution in [2.75, 3.05) is 17.7 Å². The van der Waals surface area contributed by atoms with Crippen LogP contribution in [-0.4, -0.2) is 23.2 Å². The van der Waals surface area contributed by atoms with Gasteiger partial charge in [0, 0.05) is 18.3 Å². The van der Waals surface area contributed by atoms with Crippen LogP contribution in [0.3, 0.4) is 0 Å². The van der Waals surface area contributed by atoms with Crippen LogP contribution in [0.25, 0.3) is 0 Å². The lowest BCUT2D eigenvalue weighted by Crippen LogP contribution is -2.15. The third kappa shape index (κ3) is 4.54. The average molecular weight is 334 g/mol. The van der Waals surface area contributed by atoms with Crippen LogP contribution < -0.4 is 15.4 Å². The minimum absolute atomic E-state index is 0.244. The van der Waals surface area contributed by atoms with Crippen LogP contribution in [0, 0.1) is 0 Å². The molecule has 3 aromatic rings. The van der Waals surface area contributed by atoms with Crippen LogP contribution in [0.4, 0.5) is 11.5 Å². The monoisotopic (exact) mass is 334 g/mol. The molecule has 126 valence electrons. The maximum absolute atomic E-state index is 12.2. The van der Waals surface area contributed by atoms with Crippen molar-refractivity contribution in [1.29, 1.82) is 0 Å². The second-order valence-electron chi connectivity index (χ2n) is 5.33. The number of ether oxygens (including phenoxy) is 1. The molecule has 0 aliphatic rings. The Morgan fingerprint density at radius 3 is 2.56 bits per heavy atom. The van der Waals surface area contributed by atoms with Crippen molar-refractivity contribution in [1.82, 2.24) is 10.2 Å². The summed E-state index contributed by atoms with van der Waals surface area (Å²) in [5, 5.41) is 14.0. The summed E-state index contributed by atoms with van der Waals surface area (Å²) in [7, 11) is 1.58. The van der Waals surface area contributed by atoms with Gasteiger partial charge in [0.1, 0.15) is 11.6 Å². The molecule has 3 rings (SSSR count). The Kier molecular flexibility index (Phi) is 5.21. The van der Waals surface area contributed by atoms with Gasteiger partial charge in [-0.2, -0.15) is 0 Å². The van der Waals surface area contributed by atoms with E-state index >= 15 is 0 Å².